The molecule has 19 heavy (non-hydrogen) atoms. The molecule has 0 spiro atoms. The van der Waals surface area contributed by atoms with Crippen LogP contribution in [0.3, 0.4) is 0 Å². The molecule has 3 aromatic heterocycles. The van der Waals surface area contributed by atoms with Gasteiger partial charge in [-0.2, -0.15) is 0 Å². The summed E-state index contributed by atoms with van der Waals surface area (Å²) in [5.74, 6) is 0.226. The van der Waals surface area contributed by atoms with Crippen LogP contribution >= 0.6 is 15.9 Å². The molecule has 94 valence electrons. The maximum absolute atomic E-state index is 12.0. The van der Waals surface area contributed by atoms with Crippen molar-refractivity contribution in [3.8, 4) is 0 Å². The molecule has 0 bridgehead atoms. The van der Waals surface area contributed by atoms with Gasteiger partial charge in [-0.25, -0.2) is 9.97 Å². The lowest BCUT2D eigenvalue weighted by molar-refractivity contribution is 0.102. The number of carbonyl (C=O) groups excluding carboxylic acids is 1. The lowest BCUT2D eigenvalue weighted by Crippen LogP contribution is -2.13. The molecule has 0 aromatic carbocycles. The molecule has 0 unspecified atom stereocenters. The number of nitrogens with zero attached hydrogens (tertiary/aromatic N) is 3. The van der Waals surface area contributed by atoms with E-state index in [1.165, 1.54) is 0 Å². The van der Waals surface area contributed by atoms with Crippen LogP contribution in [0.4, 0.5) is 5.82 Å². The second kappa shape index (κ2) is 4.81. The van der Waals surface area contributed by atoms with Crippen molar-refractivity contribution in [3.05, 3.63) is 59.1 Å². The largest absolute Gasteiger partial charge is 0.305 e. The molecule has 6 heteroatoms. The molecule has 1 amide bonds. The Morgan fingerprint density at radius 3 is 2.89 bits per heavy atom. The highest BCUT2D eigenvalue weighted by molar-refractivity contribution is 9.10. The van der Waals surface area contributed by atoms with Crippen molar-refractivity contribution < 1.29 is 4.79 Å². The first-order valence-electron chi connectivity index (χ1n) is 5.59. The molecule has 0 fully saturated rings. The first kappa shape index (κ1) is 11.9. The van der Waals surface area contributed by atoms with E-state index in [0.29, 0.717) is 11.5 Å². The van der Waals surface area contributed by atoms with Crippen LogP contribution < -0.4 is 5.32 Å². The Balaban J connectivity index is 1.89. The highest BCUT2D eigenvalue weighted by Crippen LogP contribution is 2.13. The summed E-state index contributed by atoms with van der Waals surface area (Å²) in [5.41, 5.74) is 1.07. The number of anilines is 1. The van der Waals surface area contributed by atoms with Gasteiger partial charge in [-0.05, 0) is 40.2 Å². The average molecular weight is 317 g/mol. The van der Waals surface area contributed by atoms with E-state index in [2.05, 4.69) is 31.2 Å². The third kappa shape index (κ3) is 2.48. The lowest BCUT2D eigenvalue weighted by atomic mass is 10.4. The van der Waals surface area contributed by atoms with Gasteiger partial charge in [0.05, 0.1) is 0 Å². The van der Waals surface area contributed by atoms with Gasteiger partial charge in [0.15, 0.2) is 0 Å². The molecule has 1 N–H and O–H groups in total. The van der Waals surface area contributed by atoms with Gasteiger partial charge in [-0.1, -0.05) is 6.07 Å². The molecule has 3 heterocycles. The third-order valence-corrected chi connectivity index (χ3v) is 3.02. The second-order valence-electron chi connectivity index (χ2n) is 3.91. The fourth-order valence-electron chi connectivity index (χ4n) is 1.69. The zero-order valence-corrected chi connectivity index (χ0v) is 11.3. The maximum Gasteiger partial charge on any atom is 0.277 e. The van der Waals surface area contributed by atoms with Crippen LogP contribution in [0.1, 0.15) is 10.5 Å². The summed E-state index contributed by atoms with van der Waals surface area (Å²) in [6.07, 6.45) is 5.15. The van der Waals surface area contributed by atoms with E-state index in [4.69, 9.17) is 0 Å². The van der Waals surface area contributed by atoms with Gasteiger partial charge < -0.3 is 9.72 Å². The normalized spacial score (nSPS) is 10.6. The molecule has 3 aromatic rings. The zero-order chi connectivity index (χ0) is 13.2. The van der Waals surface area contributed by atoms with E-state index >= 15 is 0 Å². The number of halogens is 1. The van der Waals surface area contributed by atoms with Crippen LogP contribution in [-0.2, 0) is 0 Å². The molecule has 0 aliphatic heterocycles. The van der Waals surface area contributed by atoms with Gasteiger partial charge >= 0.3 is 0 Å². The van der Waals surface area contributed by atoms with Gasteiger partial charge in [0.25, 0.3) is 5.91 Å². The van der Waals surface area contributed by atoms with E-state index in [1.807, 2.05) is 24.4 Å². The van der Waals surface area contributed by atoms with Gasteiger partial charge in [-0.3, -0.25) is 4.79 Å². The van der Waals surface area contributed by atoms with Crippen LogP contribution in [0.25, 0.3) is 5.65 Å². The maximum atomic E-state index is 12.0. The third-order valence-electron chi connectivity index (χ3n) is 2.55. The van der Waals surface area contributed by atoms with Gasteiger partial charge in [0, 0.05) is 23.1 Å². The SMILES string of the molecule is O=C(Nc1ccccn1)c1cn2cc(Br)ccc2n1. The predicted octanol–water partition coefficient (Wildman–Crippen LogP) is 2.74. The Bertz CT molecular complexity index is 739. The van der Waals surface area contributed by atoms with Crippen molar-refractivity contribution in [2.75, 3.05) is 5.32 Å². The molecule has 0 aliphatic carbocycles. The van der Waals surface area contributed by atoms with Crippen LogP contribution in [0.5, 0.6) is 0 Å². The van der Waals surface area contributed by atoms with Crippen molar-refractivity contribution in [2.24, 2.45) is 0 Å². The Labute approximate surface area is 117 Å². The summed E-state index contributed by atoms with van der Waals surface area (Å²) in [6, 6.07) is 9.04. The summed E-state index contributed by atoms with van der Waals surface area (Å²) in [6.45, 7) is 0. The predicted molar refractivity (Wildman–Crippen MR) is 75.1 cm³/mol. The lowest BCUT2D eigenvalue weighted by Gasteiger charge is -2.00. The summed E-state index contributed by atoms with van der Waals surface area (Å²) >= 11 is 3.37. The van der Waals surface area contributed by atoms with E-state index in [1.54, 1.807) is 28.9 Å². The molecular weight excluding hydrogens is 308 g/mol. The molecule has 0 atom stereocenters. The fraction of sp³-hybridized carbons (Fsp3) is 0. The number of imidazole rings is 1. The highest BCUT2D eigenvalue weighted by atomic mass is 79.9. The highest BCUT2D eigenvalue weighted by Gasteiger charge is 2.11. The number of hydrogen-bond acceptors (Lipinski definition) is 3. The van der Waals surface area contributed by atoms with Gasteiger partial charge in [0.2, 0.25) is 0 Å². The van der Waals surface area contributed by atoms with Gasteiger partial charge in [0.1, 0.15) is 17.2 Å². The Hall–Kier alpha value is -2.21. The summed E-state index contributed by atoms with van der Waals surface area (Å²) in [4.78, 5) is 20.3. The van der Waals surface area contributed by atoms with E-state index in [9.17, 15) is 4.79 Å². The molecule has 0 aliphatic rings. The molecular formula is C13H9BrN4O. The van der Waals surface area contributed by atoms with E-state index < -0.39 is 0 Å². The summed E-state index contributed by atoms with van der Waals surface area (Å²) in [5, 5.41) is 2.70. The zero-order valence-electron chi connectivity index (χ0n) is 9.75. The Kier molecular flexibility index (Phi) is 3.00. The number of rotatable bonds is 2. The standard InChI is InChI=1S/C13H9BrN4O/c14-9-4-5-12-16-10(8-18(12)7-9)13(19)17-11-3-1-2-6-15-11/h1-8H,(H,15,17,19). The average Bonchev–Trinajstić information content (AvgIpc) is 2.83. The molecule has 5 nitrogen and oxygen atoms in total. The molecule has 0 radical (unpaired) electrons. The first-order valence-corrected chi connectivity index (χ1v) is 6.38. The number of nitrogens with one attached hydrogen (secondary N) is 1. The Morgan fingerprint density at radius 1 is 1.21 bits per heavy atom. The van der Waals surface area contributed by atoms with Crippen molar-refractivity contribution in [2.45, 2.75) is 0 Å². The molecule has 3 rings (SSSR count). The first-order chi connectivity index (χ1) is 9.22. The van der Waals surface area contributed by atoms with E-state index in [-0.39, 0.29) is 5.91 Å². The van der Waals surface area contributed by atoms with Crippen LogP contribution in [0, 0.1) is 0 Å². The van der Waals surface area contributed by atoms with Crippen molar-refractivity contribution in [1.29, 1.82) is 0 Å². The van der Waals surface area contributed by atoms with Crippen molar-refractivity contribution >= 4 is 33.3 Å². The fourth-order valence-corrected chi connectivity index (χ4v) is 2.04. The minimum atomic E-state index is -0.279. The van der Waals surface area contributed by atoms with Crippen molar-refractivity contribution in [1.82, 2.24) is 14.4 Å². The Morgan fingerprint density at radius 2 is 2.11 bits per heavy atom. The number of carbonyl (C=O) groups is 1. The number of aromatic nitrogens is 3. The van der Waals surface area contributed by atoms with Gasteiger partial charge in [-0.15, -0.1) is 0 Å². The molecule has 0 saturated carbocycles. The number of fused-ring (bicyclic) bond motifs is 1. The minimum Gasteiger partial charge on any atom is -0.305 e. The smallest absolute Gasteiger partial charge is 0.277 e. The summed E-state index contributed by atoms with van der Waals surface area (Å²) in [7, 11) is 0. The van der Waals surface area contributed by atoms with Crippen molar-refractivity contribution in [3.63, 3.8) is 0 Å². The quantitative estimate of drug-likeness (QED) is 0.790. The molecule has 0 saturated heterocycles. The second-order valence-corrected chi connectivity index (χ2v) is 4.82. The summed E-state index contributed by atoms with van der Waals surface area (Å²) < 4.78 is 2.71. The van der Waals surface area contributed by atoms with Crippen LogP contribution in [0.2, 0.25) is 0 Å². The number of pyridine rings is 2. The van der Waals surface area contributed by atoms with Crippen LogP contribution in [-0.4, -0.2) is 20.3 Å². The number of amides is 1. The monoisotopic (exact) mass is 316 g/mol. The topological polar surface area (TPSA) is 59.3 Å². The minimum absolute atomic E-state index is 0.279. The number of hydrogen-bond donors (Lipinski definition) is 1. The van der Waals surface area contributed by atoms with E-state index in [0.717, 1.165) is 10.1 Å². The van der Waals surface area contributed by atoms with Crippen LogP contribution in [0.15, 0.2) is 53.4 Å².